The Labute approximate surface area is 136 Å². The molecule has 4 nitrogen and oxygen atoms in total. The zero-order chi connectivity index (χ0) is 17.4. The first kappa shape index (κ1) is 17.7. The molecule has 0 saturated heterocycles. The predicted octanol–water partition coefficient (Wildman–Crippen LogP) is 3.84. The smallest absolute Gasteiger partial charge is 0.362 e. The van der Waals surface area contributed by atoms with E-state index in [9.17, 15) is 23.1 Å². The molecule has 1 atom stereocenters. The third-order valence-electron chi connectivity index (χ3n) is 3.42. The molecule has 1 amide bonds. The van der Waals surface area contributed by atoms with Gasteiger partial charge in [-0.3, -0.25) is 4.79 Å². The fraction of sp³-hybridized carbons (Fsp3) is 0.467. The molecule has 2 rings (SSSR count). The highest BCUT2D eigenvalue weighted by Crippen LogP contribution is 2.41. The topological polar surface area (TPSA) is 52.9 Å². The summed E-state index contributed by atoms with van der Waals surface area (Å²) in [7, 11) is 0. The molecule has 23 heavy (non-hydrogen) atoms. The Morgan fingerprint density at radius 1 is 1.39 bits per heavy atom. The Morgan fingerprint density at radius 2 is 1.96 bits per heavy atom. The van der Waals surface area contributed by atoms with E-state index >= 15 is 0 Å². The van der Waals surface area contributed by atoms with E-state index in [1.165, 1.54) is 24.3 Å². The van der Waals surface area contributed by atoms with E-state index in [0.717, 1.165) is 0 Å². The Morgan fingerprint density at radius 3 is 2.43 bits per heavy atom. The third kappa shape index (κ3) is 3.50. The fourth-order valence-corrected chi connectivity index (χ4v) is 2.48. The quantitative estimate of drug-likeness (QED) is 0.902. The number of carbonyl (C=O) groups excluding carboxylic acids is 1. The molecule has 0 saturated carbocycles. The number of rotatable bonds is 3. The Bertz CT molecular complexity index is 629. The number of aliphatic hydroxyl groups is 1. The number of halogens is 4. The number of hydrazone groups is 1. The second-order valence-electron chi connectivity index (χ2n) is 5.88. The minimum Gasteiger partial charge on any atom is -0.362 e. The SMILES string of the molecule is CC(C)CC1=NN(C(=O)c2ccc(Cl)cc2)[C@@](O)(C(F)(F)F)C1. The first-order chi connectivity index (χ1) is 10.5. The van der Waals surface area contributed by atoms with Crippen LogP contribution in [-0.4, -0.2) is 33.6 Å². The highest BCUT2D eigenvalue weighted by Gasteiger charge is 2.63. The molecule has 1 N–H and O–H groups in total. The summed E-state index contributed by atoms with van der Waals surface area (Å²) in [5.74, 6) is -0.975. The second kappa shape index (κ2) is 6.13. The van der Waals surface area contributed by atoms with Gasteiger partial charge in [-0.2, -0.15) is 23.3 Å². The number of alkyl halides is 3. The molecule has 0 bridgehead atoms. The third-order valence-corrected chi connectivity index (χ3v) is 3.68. The molecule has 1 aliphatic heterocycles. The molecule has 126 valence electrons. The Hall–Kier alpha value is -1.60. The summed E-state index contributed by atoms with van der Waals surface area (Å²) in [5, 5.41) is 14.3. The van der Waals surface area contributed by atoms with Crippen molar-refractivity contribution in [1.29, 1.82) is 0 Å². The van der Waals surface area contributed by atoms with Gasteiger partial charge in [-0.05, 0) is 36.6 Å². The number of hydrogen-bond acceptors (Lipinski definition) is 3. The van der Waals surface area contributed by atoms with Crippen LogP contribution in [0.1, 0.15) is 37.0 Å². The van der Waals surface area contributed by atoms with E-state index in [-0.39, 0.29) is 28.6 Å². The van der Waals surface area contributed by atoms with E-state index < -0.39 is 24.2 Å². The van der Waals surface area contributed by atoms with Crippen LogP contribution < -0.4 is 0 Å². The van der Waals surface area contributed by atoms with Gasteiger partial charge < -0.3 is 5.11 Å². The van der Waals surface area contributed by atoms with Crippen LogP contribution >= 0.6 is 11.6 Å². The Kier molecular flexibility index (Phi) is 4.73. The standard InChI is InChI=1S/C15H16ClF3N2O2/c1-9(2)7-12-8-14(23,15(17,18)19)21(20-12)13(22)10-3-5-11(16)6-4-10/h3-6,9,23H,7-8H2,1-2H3/t14-/m0/s1. The molecular formula is C15H16ClF3N2O2. The highest BCUT2D eigenvalue weighted by molar-refractivity contribution is 6.30. The lowest BCUT2D eigenvalue weighted by Crippen LogP contribution is -2.56. The van der Waals surface area contributed by atoms with Crippen molar-refractivity contribution < 1.29 is 23.1 Å². The average molecular weight is 349 g/mol. The van der Waals surface area contributed by atoms with Gasteiger partial charge in [0.05, 0.1) is 0 Å². The van der Waals surface area contributed by atoms with E-state index in [1.807, 2.05) is 13.8 Å². The lowest BCUT2D eigenvalue weighted by Gasteiger charge is -2.32. The van der Waals surface area contributed by atoms with Crippen molar-refractivity contribution in [3.8, 4) is 0 Å². The lowest BCUT2D eigenvalue weighted by atomic mass is 9.99. The molecule has 0 radical (unpaired) electrons. The summed E-state index contributed by atoms with van der Waals surface area (Å²) in [6.45, 7) is 3.64. The maximum absolute atomic E-state index is 13.3. The predicted molar refractivity (Wildman–Crippen MR) is 80.1 cm³/mol. The number of benzene rings is 1. The molecule has 1 aromatic carbocycles. The second-order valence-corrected chi connectivity index (χ2v) is 6.32. The van der Waals surface area contributed by atoms with Gasteiger partial charge in [0, 0.05) is 22.7 Å². The largest absolute Gasteiger partial charge is 0.438 e. The first-order valence-corrected chi connectivity index (χ1v) is 7.38. The molecule has 0 spiro atoms. The van der Waals surface area contributed by atoms with Gasteiger partial charge >= 0.3 is 6.18 Å². The summed E-state index contributed by atoms with van der Waals surface area (Å²) in [6.07, 6.45) is -5.49. The van der Waals surface area contributed by atoms with Crippen LogP contribution in [0.15, 0.2) is 29.4 Å². The van der Waals surface area contributed by atoms with Crippen LogP contribution in [0, 0.1) is 5.92 Å². The first-order valence-electron chi connectivity index (χ1n) is 7.00. The van der Waals surface area contributed by atoms with Crippen LogP contribution in [0.2, 0.25) is 5.02 Å². The summed E-state index contributed by atoms with van der Waals surface area (Å²) in [4.78, 5) is 12.4. The minimum atomic E-state index is -5.02. The van der Waals surface area contributed by atoms with Crippen LogP contribution in [0.5, 0.6) is 0 Å². The Balaban J connectivity index is 2.39. The zero-order valence-corrected chi connectivity index (χ0v) is 13.3. The molecule has 0 fully saturated rings. The van der Waals surface area contributed by atoms with Crippen LogP contribution in [0.25, 0.3) is 0 Å². The van der Waals surface area contributed by atoms with Crippen LogP contribution in [-0.2, 0) is 0 Å². The number of carbonyl (C=O) groups is 1. The van der Waals surface area contributed by atoms with E-state index in [4.69, 9.17) is 11.6 Å². The molecule has 0 aromatic heterocycles. The fourth-order valence-electron chi connectivity index (χ4n) is 2.35. The maximum Gasteiger partial charge on any atom is 0.438 e. The monoisotopic (exact) mass is 348 g/mol. The highest BCUT2D eigenvalue weighted by atomic mass is 35.5. The van der Waals surface area contributed by atoms with Crippen LogP contribution in [0.3, 0.4) is 0 Å². The molecule has 8 heteroatoms. The van der Waals surface area contributed by atoms with Crippen molar-refractivity contribution in [3.63, 3.8) is 0 Å². The van der Waals surface area contributed by atoms with Crippen molar-refractivity contribution >= 4 is 23.2 Å². The van der Waals surface area contributed by atoms with Gasteiger partial charge in [-0.15, -0.1) is 0 Å². The summed E-state index contributed by atoms with van der Waals surface area (Å²) >= 11 is 5.70. The van der Waals surface area contributed by atoms with Crippen LogP contribution in [0.4, 0.5) is 13.2 Å². The summed E-state index contributed by atoms with van der Waals surface area (Å²) in [6, 6.07) is 5.35. The average Bonchev–Trinajstić information content (AvgIpc) is 2.75. The van der Waals surface area contributed by atoms with Crippen molar-refractivity contribution in [1.82, 2.24) is 5.01 Å². The van der Waals surface area contributed by atoms with Crippen molar-refractivity contribution in [2.24, 2.45) is 11.0 Å². The number of nitrogens with zero attached hydrogens (tertiary/aromatic N) is 2. The molecule has 0 unspecified atom stereocenters. The van der Waals surface area contributed by atoms with Crippen molar-refractivity contribution in [3.05, 3.63) is 34.9 Å². The molecule has 1 aliphatic rings. The molecule has 1 aromatic rings. The van der Waals surface area contributed by atoms with Gasteiger partial charge in [0.15, 0.2) is 0 Å². The van der Waals surface area contributed by atoms with E-state index in [0.29, 0.717) is 5.02 Å². The van der Waals surface area contributed by atoms with Crippen molar-refractivity contribution in [2.75, 3.05) is 0 Å². The molecule has 1 heterocycles. The van der Waals surface area contributed by atoms with E-state index in [1.54, 1.807) is 0 Å². The number of amides is 1. The summed E-state index contributed by atoms with van der Waals surface area (Å²) < 4.78 is 39.9. The van der Waals surface area contributed by atoms with E-state index in [2.05, 4.69) is 5.10 Å². The maximum atomic E-state index is 13.3. The van der Waals surface area contributed by atoms with Gasteiger partial charge in [-0.1, -0.05) is 25.4 Å². The van der Waals surface area contributed by atoms with Gasteiger partial charge in [-0.25, -0.2) is 0 Å². The normalized spacial score (nSPS) is 21.7. The number of hydrogen-bond donors (Lipinski definition) is 1. The zero-order valence-electron chi connectivity index (χ0n) is 12.6. The molecule has 0 aliphatic carbocycles. The van der Waals surface area contributed by atoms with Gasteiger partial charge in [0.2, 0.25) is 0 Å². The van der Waals surface area contributed by atoms with Gasteiger partial charge in [0.1, 0.15) is 0 Å². The minimum absolute atomic E-state index is 0.0355. The summed E-state index contributed by atoms with van der Waals surface area (Å²) in [5.41, 5.74) is -3.22. The van der Waals surface area contributed by atoms with Crippen molar-refractivity contribution in [2.45, 2.75) is 38.6 Å². The molecular weight excluding hydrogens is 333 g/mol. The van der Waals surface area contributed by atoms with Gasteiger partial charge in [0.25, 0.3) is 11.6 Å². The lowest BCUT2D eigenvalue weighted by molar-refractivity contribution is -0.297.